The molecule has 1 atom stereocenters. The van der Waals surface area contributed by atoms with Crippen LogP contribution >= 0.6 is 0 Å². The van der Waals surface area contributed by atoms with E-state index in [9.17, 15) is 8.42 Å². The molecule has 3 rings (SSSR count). The summed E-state index contributed by atoms with van der Waals surface area (Å²) in [5, 5.41) is 0. The van der Waals surface area contributed by atoms with Gasteiger partial charge in [0.1, 0.15) is 23.4 Å². The first-order chi connectivity index (χ1) is 15.0. The summed E-state index contributed by atoms with van der Waals surface area (Å²) >= 11 is 0. The molecule has 172 valence electrons. The SMILES string of the molecule is COc1cc(OC)cc(C(NS(=O)(=O)c2c(C)c(C)c(C)c(C)c2C)c2nccn2C)c1. The topological polar surface area (TPSA) is 82.4 Å². The Morgan fingerprint density at radius 2 is 1.38 bits per heavy atom. The monoisotopic (exact) mass is 457 g/mol. The quantitative estimate of drug-likeness (QED) is 0.579. The first-order valence-corrected chi connectivity index (χ1v) is 11.8. The van der Waals surface area contributed by atoms with Crippen LogP contribution < -0.4 is 14.2 Å². The molecule has 0 aliphatic rings. The minimum Gasteiger partial charge on any atom is -0.497 e. The second-order valence-electron chi connectivity index (χ2n) is 8.05. The molecule has 0 aliphatic carbocycles. The van der Waals surface area contributed by atoms with Crippen molar-refractivity contribution >= 4 is 10.0 Å². The zero-order valence-corrected chi connectivity index (χ0v) is 20.7. The molecule has 32 heavy (non-hydrogen) atoms. The summed E-state index contributed by atoms with van der Waals surface area (Å²) < 4.78 is 43.1. The first kappa shape index (κ1) is 23.8. The third-order valence-corrected chi connectivity index (χ3v) is 7.99. The van der Waals surface area contributed by atoms with Crippen LogP contribution in [0.15, 0.2) is 35.5 Å². The van der Waals surface area contributed by atoms with Gasteiger partial charge in [0.2, 0.25) is 10.0 Å². The molecule has 0 spiro atoms. The molecular weight excluding hydrogens is 426 g/mol. The molecule has 0 bridgehead atoms. The molecule has 7 nitrogen and oxygen atoms in total. The van der Waals surface area contributed by atoms with Crippen molar-refractivity contribution in [1.82, 2.24) is 14.3 Å². The van der Waals surface area contributed by atoms with E-state index in [1.807, 2.05) is 41.7 Å². The first-order valence-electron chi connectivity index (χ1n) is 10.3. The van der Waals surface area contributed by atoms with Crippen LogP contribution in [0.5, 0.6) is 11.5 Å². The lowest BCUT2D eigenvalue weighted by Crippen LogP contribution is -2.32. The number of hydrogen-bond donors (Lipinski definition) is 1. The van der Waals surface area contributed by atoms with E-state index < -0.39 is 16.1 Å². The summed E-state index contributed by atoms with van der Waals surface area (Å²) in [6.07, 6.45) is 3.43. The fourth-order valence-corrected chi connectivity index (χ4v) is 5.79. The van der Waals surface area contributed by atoms with E-state index >= 15 is 0 Å². The summed E-state index contributed by atoms with van der Waals surface area (Å²) in [4.78, 5) is 4.74. The molecule has 2 aromatic carbocycles. The fourth-order valence-electron chi connectivity index (χ4n) is 4.00. The van der Waals surface area contributed by atoms with Crippen LogP contribution in [0.2, 0.25) is 0 Å². The van der Waals surface area contributed by atoms with Gasteiger partial charge >= 0.3 is 0 Å². The summed E-state index contributed by atoms with van der Waals surface area (Å²) in [6.45, 7) is 9.65. The molecule has 1 N–H and O–H groups in total. The molecule has 0 aliphatic heterocycles. The maximum Gasteiger partial charge on any atom is 0.242 e. The maximum absolute atomic E-state index is 13.8. The molecule has 8 heteroatoms. The predicted molar refractivity (Wildman–Crippen MR) is 125 cm³/mol. The number of methoxy groups -OCH3 is 2. The standard InChI is InChI=1S/C24H31N3O4S/c1-14-15(2)17(4)23(18(5)16(14)3)32(28,29)26-22(24-25-9-10-27(24)6)19-11-20(30-7)13-21(12-19)31-8/h9-13,22,26H,1-8H3. The van der Waals surface area contributed by atoms with Crippen molar-refractivity contribution in [3.05, 3.63) is 69.8 Å². The maximum atomic E-state index is 13.8. The van der Waals surface area contributed by atoms with Crippen molar-refractivity contribution in [1.29, 1.82) is 0 Å². The lowest BCUT2D eigenvalue weighted by atomic mass is 9.95. The smallest absolute Gasteiger partial charge is 0.242 e. The fraction of sp³-hybridized carbons (Fsp3) is 0.375. The van der Waals surface area contributed by atoms with Gasteiger partial charge in [-0.2, -0.15) is 4.72 Å². The van der Waals surface area contributed by atoms with Crippen molar-refractivity contribution in [2.24, 2.45) is 7.05 Å². The number of aromatic nitrogens is 2. The molecule has 0 fully saturated rings. The van der Waals surface area contributed by atoms with Crippen molar-refractivity contribution in [2.45, 2.75) is 45.6 Å². The highest BCUT2D eigenvalue weighted by atomic mass is 32.2. The Kier molecular flexibility index (Phi) is 6.67. The molecule has 0 radical (unpaired) electrons. The van der Waals surface area contributed by atoms with E-state index in [0.29, 0.717) is 27.8 Å². The molecule has 1 unspecified atom stereocenters. The number of nitrogens with zero attached hydrogens (tertiary/aromatic N) is 2. The van der Waals surface area contributed by atoms with E-state index in [1.165, 1.54) is 0 Å². The third kappa shape index (κ3) is 4.25. The minimum absolute atomic E-state index is 0.312. The molecule has 0 saturated heterocycles. The van der Waals surface area contributed by atoms with Gasteiger partial charge in [0, 0.05) is 25.5 Å². The summed E-state index contributed by atoms with van der Waals surface area (Å²) in [5.74, 6) is 1.68. The van der Waals surface area contributed by atoms with Crippen LogP contribution in [0.1, 0.15) is 45.2 Å². The van der Waals surface area contributed by atoms with Crippen LogP contribution in [0.25, 0.3) is 0 Å². The Morgan fingerprint density at radius 1 is 0.875 bits per heavy atom. The number of benzene rings is 2. The summed E-state index contributed by atoms with van der Waals surface area (Å²) in [7, 11) is 1.05. The number of imidazole rings is 1. The second-order valence-corrected chi connectivity index (χ2v) is 9.70. The van der Waals surface area contributed by atoms with Gasteiger partial charge < -0.3 is 14.0 Å². The Balaban J connectivity index is 2.21. The number of sulfonamides is 1. The summed E-state index contributed by atoms with van der Waals surface area (Å²) in [5.41, 5.74) is 5.22. The second kappa shape index (κ2) is 8.96. The van der Waals surface area contributed by atoms with Gasteiger partial charge in [-0.1, -0.05) is 0 Å². The zero-order chi connectivity index (χ0) is 23.8. The van der Waals surface area contributed by atoms with Crippen LogP contribution in [0.4, 0.5) is 0 Å². The Labute approximate surface area is 190 Å². The number of hydrogen-bond acceptors (Lipinski definition) is 5. The van der Waals surface area contributed by atoms with E-state index in [1.54, 1.807) is 49.4 Å². The van der Waals surface area contributed by atoms with Crippen LogP contribution in [0.3, 0.4) is 0 Å². The number of rotatable bonds is 7. The molecule has 3 aromatic rings. The van der Waals surface area contributed by atoms with Crippen LogP contribution in [-0.4, -0.2) is 32.2 Å². The Hall–Kier alpha value is -2.84. The molecular formula is C24H31N3O4S. The van der Waals surface area contributed by atoms with Gasteiger partial charge in [-0.15, -0.1) is 0 Å². The van der Waals surface area contributed by atoms with E-state index in [4.69, 9.17) is 9.47 Å². The van der Waals surface area contributed by atoms with Crippen LogP contribution in [0, 0.1) is 34.6 Å². The largest absolute Gasteiger partial charge is 0.497 e. The Morgan fingerprint density at radius 3 is 1.81 bits per heavy atom. The van der Waals surface area contributed by atoms with Crippen molar-refractivity contribution in [3.8, 4) is 11.5 Å². The highest BCUT2D eigenvalue weighted by Crippen LogP contribution is 2.33. The number of ether oxygens (including phenoxy) is 2. The van der Waals surface area contributed by atoms with Gasteiger partial charge in [-0.3, -0.25) is 0 Å². The highest BCUT2D eigenvalue weighted by molar-refractivity contribution is 7.89. The lowest BCUT2D eigenvalue weighted by molar-refractivity contribution is 0.392. The normalized spacial score (nSPS) is 12.6. The van der Waals surface area contributed by atoms with Gasteiger partial charge in [-0.25, -0.2) is 13.4 Å². The zero-order valence-electron chi connectivity index (χ0n) is 19.9. The highest BCUT2D eigenvalue weighted by Gasteiger charge is 2.30. The van der Waals surface area contributed by atoms with E-state index in [0.717, 1.165) is 27.8 Å². The van der Waals surface area contributed by atoms with E-state index in [-0.39, 0.29) is 0 Å². The van der Waals surface area contributed by atoms with Gasteiger partial charge in [-0.05, 0) is 80.1 Å². The van der Waals surface area contributed by atoms with Crippen LogP contribution in [-0.2, 0) is 17.1 Å². The Bertz CT molecular complexity index is 1210. The lowest BCUT2D eigenvalue weighted by Gasteiger charge is -2.23. The molecule has 1 heterocycles. The average molecular weight is 458 g/mol. The molecule has 1 aromatic heterocycles. The van der Waals surface area contributed by atoms with Gasteiger partial charge in [0.25, 0.3) is 0 Å². The third-order valence-electron chi connectivity index (χ3n) is 6.30. The predicted octanol–water partition coefficient (Wildman–Crippen LogP) is 4.05. The number of nitrogens with one attached hydrogen (secondary N) is 1. The van der Waals surface area contributed by atoms with Gasteiger partial charge in [0.05, 0.1) is 19.1 Å². The molecule has 0 saturated carbocycles. The van der Waals surface area contributed by atoms with Gasteiger partial charge in [0.15, 0.2) is 0 Å². The van der Waals surface area contributed by atoms with E-state index in [2.05, 4.69) is 9.71 Å². The van der Waals surface area contributed by atoms with Crippen molar-refractivity contribution in [2.75, 3.05) is 14.2 Å². The van der Waals surface area contributed by atoms with Crippen molar-refractivity contribution in [3.63, 3.8) is 0 Å². The minimum atomic E-state index is -3.90. The average Bonchev–Trinajstić information content (AvgIpc) is 3.19. The molecule has 0 amide bonds. The number of aryl methyl sites for hydroxylation is 1. The summed E-state index contributed by atoms with van der Waals surface area (Å²) in [6, 6.07) is 4.57. The van der Waals surface area contributed by atoms with Crippen molar-refractivity contribution < 1.29 is 17.9 Å².